The molecule has 5 rings (SSSR count). The van der Waals surface area contributed by atoms with Gasteiger partial charge in [0, 0.05) is 30.2 Å². The van der Waals surface area contributed by atoms with E-state index in [1.165, 1.54) is 27.7 Å². The molecule has 17 nitrogen and oxygen atoms in total. The summed E-state index contributed by atoms with van der Waals surface area (Å²) in [5.74, 6) is -7.33. The van der Waals surface area contributed by atoms with E-state index >= 15 is 0 Å². The van der Waals surface area contributed by atoms with Crippen molar-refractivity contribution in [2.24, 2.45) is 62.6 Å². The number of aliphatic hydroxyl groups is 7. The van der Waals surface area contributed by atoms with Crippen LogP contribution in [0, 0.1) is 62.6 Å². The maximum Gasteiger partial charge on any atom is 0.432 e. The van der Waals surface area contributed by atoms with Crippen molar-refractivity contribution >= 4 is 29.8 Å². The van der Waals surface area contributed by atoms with Crippen LogP contribution in [0.25, 0.3) is 0 Å². The van der Waals surface area contributed by atoms with Gasteiger partial charge in [0.1, 0.15) is 24.1 Å². The van der Waals surface area contributed by atoms with Gasteiger partial charge in [-0.15, -0.1) is 0 Å². The number of hydrogen-bond donors (Lipinski definition) is 7. The average Bonchev–Trinajstić information content (AvgIpc) is 1.42. The Labute approximate surface area is 754 Å². The Morgan fingerprint density at radius 2 is 0.679 bits per heavy atom. The molecule has 772 valence electrons. The van der Waals surface area contributed by atoms with Crippen molar-refractivity contribution in [2.45, 2.75) is 405 Å². The quantitative estimate of drug-likeness (QED) is 0.0190. The summed E-state index contributed by atoms with van der Waals surface area (Å²) in [6, 6.07) is 4.59. The molecule has 0 aromatic heterocycles. The number of carbonyl (C=O) groups excluding carboxylic acids is 5. The van der Waals surface area contributed by atoms with Gasteiger partial charge in [-0.3, -0.25) is 24.0 Å². The molecular weight excluding hydrogens is 1810 g/mol. The van der Waals surface area contributed by atoms with E-state index in [4.69, 9.17) is 23.7 Å². The second-order valence-electron chi connectivity index (χ2n) is 38.4. The Hall–Kier alpha value is -6.17. The molecule has 41 heteroatoms. The summed E-state index contributed by atoms with van der Waals surface area (Å²) >= 11 is 0. The van der Waals surface area contributed by atoms with E-state index in [2.05, 4.69) is 0 Å². The first kappa shape index (κ1) is 131. The van der Waals surface area contributed by atoms with Gasteiger partial charge in [0.2, 0.25) is 5.60 Å². The lowest BCUT2D eigenvalue weighted by atomic mass is 9.67. The van der Waals surface area contributed by atoms with Gasteiger partial charge < -0.3 is 59.4 Å². The molecule has 7 N–H and O–H groups in total. The molecule has 2 aromatic carbocycles. The molecule has 0 saturated heterocycles. The van der Waals surface area contributed by atoms with Gasteiger partial charge in [0.25, 0.3) is 0 Å². The number of benzene rings is 2. The molecule has 3 saturated carbocycles. The van der Waals surface area contributed by atoms with Crippen LogP contribution in [-0.4, -0.2) is 156 Å². The van der Waals surface area contributed by atoms with Crippen LogP contribution >= 0.6 is 0 Å². The zero-order valence-electron chi connectivity index (χ0n) is 75.9. The molecule has 0 aliphatic heterocycles. The molecule has 0 heterocycles. The Bertz CT molecular complexity index is 3840. The molecule has 3 aliphatic rings. The summed E-state index contributed by atoms with van der Waals surface area (Å²) in [5, 5.41) is 68.7. The van der Waals surface area contributed by atoms with E-state index in [0.29, 0.717) is 104 Å². The lowest BCUT2D eigenvalue weighted by Crippen LogP contribution is -2.57. The molecule has 0 radical (unpaired) electrons. The molecule has 0 amide bonds. The standard InChI is InChI=1S/C18H28F6O4.C18H22F6O4.C18H22F6O3.C18H29F3O3.C14H25F3O3.4CH4/c2*1-6-14(2,3)13(25)28-12-8-10(15(4,26)17(19,20)21)7-11(9-12)16(5,27)18(22,23)24;1-6-14(2,3)13(25)27-16(5,18(22,23)24)12-9-7-11(8-10-12)15(4,26)17(19,20)21;1-5-16(2,3)15(22)24-14(10-17(4,23)18(19,20)21)13-9-11-6-7-12(13)8-11;1-7-12(4,5)11(18)20-10(9(2)3)8-13(6,19)14(15,16)17;;;;/h10-12,26-27H,6-9H2,1-5H3;7-9,26-27H,6H2,1-5H3;7-10,26H,6H2,1-5H3;11-14,23H,5-10H2,1-4H3;9-10,19H,7-8H2,1-6H3;4*1H4. The van der Waals surface area contributed by atoms with E-state index < -0.39 is 241 Å². The monoisotopic (exact) mass is 1950 g/mol. The Morgan fingerprint density at radius 1 is 0.359 bits per heavy atom. The van der Waals surface area contributed by atoms with Crippen molar-refractivity contribution in [2.75, 3.05) is 0 Å². The molecule has 131 heavy (non-hydrogen) atoms. The number of ether oxygens (including phenoxy) is 5. The SMILES string of the molecule is C.C.C.C.CCC(C)(C)C(=O)OC(C)(c1ccc(C(C)(O)C(F)(F)F)cc1)C(F)(F)F.CCC(C)(C)C(=O)OC(CC(C)(O)C(F)(F)F)C(C)C.CCC(C)(C)C(=O)OC(CC(C)(O)C(F)(F)F)C1CC2CCC1C2.CCC(C)(C)C(=O)OC1CC(C(C)(O)C(F)(F)F)CC(C(C)(O)C(F)(F)F)C1.CCC(C)(C)C(=O)Oc1cc(C(C)(O)C(F)(F)F)cc(C(C)(O)C(F)(F)F)c1. The summed E-state index contributed by atoms with van der Waals surface area (Å²) in [5.41, 5.74) is -33.6. The molecule has 2 aromatic rings. The Kier molecular flexibility index (Phi) is 45.4. The highest BCUT2D eigenvalue weighted by molar-refractivity contribution is 5.79. The van der Waals surface area contributed by atoms with Crippen LogP contribution in [0.4, 0.5) is 105 Å². The fourth-order valence-electron chi connectivity index (χ4n) is 12.5. The second kappa shape index (κ2) is 45.4. The maximum atomic E-state index is 13.7. The van der Waals surface area contributed by atoms with Crippen LogP contribution in [0.3, 0.4) is 0 Å². The minimum atomic E-state index is -5.24. The maximum absolute atomic E-state index is 13.7. The van der Waals surface area contributed by atoms with E-state index in [1.54, 1.807) is 83.1 Å². The molecule has 15 unspecified atom stereocenters. The smallest absolute Gasteiger partial charge is 0.432 e. The Morgan fingerprint density at radius 3 is 0.985 bits per heavy atom. The first-order valence-corrected chi connectivity index (χ1v) is 41.0. The molecule has 2 bridgehead atoms. The number of carbonyl (C=O) groups is 5. The molecular formula is C90H142F24O17. The lowest BCUT2D eigenvalue weighted by molar-refractivity contribution is -0.299. The van der Waals surface area contributed by atoms with Crippen molar-refractivity contribution in [3.8, 4) is 5.75 Å². The third-order valence-electron chi connectivity index (χ3n) is 25.5. The minimum absolute atomic E-state index is 0. The first-order valence-electron chi connectivity index (χ1n) is 41.0. The summed E-state index contributed by atoms with van der Waals surface area (Å²) in [4.78, 5) is 61.0. The summed E-state index contributed by atoms with van der Waals surface area (Å²) in [7, 11) is 0. The molecule has 3 aliphatic carbocycles. The number of halogens is 24. The van der Waals surface area contributed by atoms with Crippen LogP contribution in [0.15, 0.2) is 42.5 Å². The van der Waals surface area contributed by atoms with Crippen LogP contribution in [0.2, 0.25) is 0 Å². The van der Waals surface area contributed by atoms with Gasteiger partial charge in [0.05, 0.1) is 27.1 Å². The van der Waals surface area contributed by atoms with Crippen LogP contribution in [0.1, 0.15) is 315 Å². The molecule has 0 spiro atoms. The topological polar surface area (TPSA) is 273 Å². The third-order valence-corrected chi connectivity index (χ3v) is 25.5. The number of hydrogen-bond acceptors (Lipinski definition) is 17. The summed E-state index contributed by atoms with van der Waals surface area (Å²) in [6.45, 7) is 31.9. The predicted molar refractivity (Wildman–Crippen MR) is 442 cm³/mol. The Balaban J connectivity index is -0.000000767. The number of fused-ring (bicyclic) bond motifs is 2. The minimum Gasteiger partial charge on any atom is -0.462 e. The highest BCUT2D eigenvalue weighted by Gasteiger charge is 2.64. The fourth-order valence-corrected chi connectivity index (χ4v) is 12.5. The van der Waals surface area contributed by atoms with E-state index in [1.807, 2.05) is 6.92 Å². The predicted octanol–water partition coefficient (Wildman–Crippen LogP) is 24.9. The zero-order chi connectivity index (χ0) is 101. The van der Waals surface area contributed by atoms with E-state index in [9.17, 15) is 165 Å². The van der Waals surface area contributed by atoms with Gasteiger partial charge >= 0.3 is 79.3 Å². The van der Waals surface area contributed by atoms with Crippen molar-refractivity contribution < 1.29 is 189 Å². The first-order chi connectivity index (χ1) is 56.1. The zero-order valence-corrected chi connectivity index (χ0v) is 75.9. The van der Waals surface area contributed by atoms with E-state index in [0.717, 1.165) is 56.9 Å². The second-order valence-corrected chi connectivity index (χ2v) is 38.4. The normalized spacial score (nSPS) is 22.0. The van der Waals surface area contributed by atoms with Crippen LogP contribution < -0.4 is 4.74 Å². The molecule has 3 fully saturated rings. The fraction of sp³-hybridized carbons (Fsp3) is 0.811. The largest absolute Gasteiger partial charge is 0.462 e. The third kappa shape index (κ3) is 32.8. The number of rotatable bonds is 27. The van der Waals surface area contributed by atoms with Crippen molar-refractivity contribution in [3.05, 3.63) is 64.7 Å². The van der Waals surface area contributed by atoms with Crippen LogP contribution in [0.5, 0.6) is 5.75 Å². The summed E-state index contributed by atoms with van der Waals surface area (Å²) < 4.78 is 342. The molecule has 15 atom stereocenters. The van der Waals surface area contributed by atoms with Gasteiger partial charge in [-0.2, -0.15) is 105 Å². The lowest BCUT2D eigenvalue weighted by Gasteiger charge is -2.46. The van der Waals surface area contributed by atoms with Crippen molar-refractivity contribution in [1.29, 1.82) is 0 Å². The highest BCUT2D eigenvalue weighted by Crippen LogP contribution is 2.55. The van der Waals surface area contributed by atoms with Gasteiger partial charge in [-0.05, 0) is 254 Å². The number of alkyl halides is 24. The highest BCUT2D eigenvalue weighted by atomic mass is 19.4. The number of esters is 5. The van der Waals surface area contributed by atoms with Crippen molar-refractivity contribution in [1.82, 2.24) is 0 Å². The van der Waals surface area contributed by atoms with Gasteiger partial charge in [0.15, 0.2) is 39.2 Å². The van der Waals surface area contributed by atoms with E-state index in [-0.39, 0.29) is 48.0 Å². The average molecular weight is 1950 g/mol. The summed E-state index contributed by atoms with van der Waals surface area (Å²) in [6.07, 6.45) is -40.4. The van der Waals surface area contributed by atoms with Crippen molar-refractivity contribution in [3.63, 3.8) is 0 Å². The van der Waals surface area contributed by atoms with Gasteiger partial charge in [-0.1, -0.05) is 109 Å². The van der Waals surface area contributed by atoms with Crippen LogP contribution in [-0.2, 0) is 65.3 Å². The van der Waals surface area contributed by atoms with Gasteiger partial charge in [-0.25, -0.2) is 0 Å².